The number of rotatable bonds is 2. The second kappa shape index (κ2) is 3.87. The molecule has 0 saturated carbocycles. The van der Waals surface area contributed by atoms with E-state index < -0.39 is 17.9 Å². The van der Waals surface area contributed by atoms with Crippen LogP contribution in [0.2, 0.25) is 0 Å². The number of ether oxygens (including phenoxy) is 1. The largest absolute Gasteiger partial charge is 0.503 e. The first-order valence-electron chi connectivity index (χ1n) is 3.27. The van der Waals surface area contributed by atoms with Crippen molar-refractivity contribution in [3.05, 3.63) is 16.4 Å². The van der Waals surface area contributed by atoms with Crippen molar-refractivity contribution in [2.24, 2.45) is 0 Å². The van der Waals surface area contributed by atoms with Crippen LogP contribution in [-0.4, -0.2) is 17.2 Å². The number of nitrogens with zero attached hydrogens (tertiary/aromatic N) is 1. The molecule has 0 bridgehead atoms. The number of hydrogen-bond acceptors (Lipinski definition) is 3. The van der Waals surface area contributed by atoms with Crippen LogP contribution >= 0.6 is 15.9 Å². The van der Waals surface area contributed by atoms with Gasteiger partial charge in [0.05, 0.1) is 7.11 Å². The van der Waals surface area contributed by atoms with E-state index in [1.807, 2.05) is 0 Å². The van der Waals surface area contributed by atoms with Gasteiger partial charge in [0.1, 0.15) is 4.60 Å². The van der Waals surface area contributed by atoms with E-state index in [1.165, 1.54) is 13.2 Å². The van der Waals surface area contributed by atoms with Crippen LogP contribution in [0.5, 0.6) is 11.5 Å². The number of alkyl halides is 2. The van der Waals surface area contributed by atoms with E-state index in [-0.39, 0.29) is 10.4 Å². The highest BCUT2D eigenvalue weighted by Crippen LogP contribution is 2.36. The molecular formula is C7H6BrF2NO2. The second-order valence-corrected chi connectivity index (χ2v) is 2.99. The van der Waals surface area contributed by atoms with Gasteiger partial charge >= 0.3 is 0 Å². The van der Waals surface area contributed by atoms with Crippen molar-refractivity contribution >= 4 is 15.9 Å². The Balaban J connectivity index is 3.27. The summed E-state index contributed by atoms with van der Waals surface area (Å²) in [5.41, 5.74) is -0.689. The molecule has 0 aliphatic rings. The SMILES string of the molecule is COc1cc(Br)nc(C(F)F)c1O. The Labute approximate surface area is 81.5 Å². The third-order valence-corrected chi connectivity index (χ3v) is 1.79. The molecule has 1 rings (SSSR count). The van der Waals surface area contributed by atoms with Crippen molar-refractivity contribution in [1.29, 1.82) is 0 Å². The molecular weight excluding hydrogens is 248 g/mol. The topological polar surface area (TPSA) is 42.4 Å². The van der Waals surface area contributed by atoms with Crippen molar-refractivity contribution in [3.8, 4) is 11.5 Å². The highest BCUT2D eigenvalue weighted by molar-refractivity contribution is 9.10. The lowest BCUT2D eigenvalue weighted by molar-refractivity contribution is 0.140. The Hall–Kier alpha value is -0.910. The quantitative estimate of drug-likeness (QED) is 0.824. The minimum Gasteiger partial charge on any atom is -0.503 e. The van der Waals surface area contributed by atoms with Crippen LogP contribution in [0.15, 0.2) is 10.7 Å². The van der Waals surface area contributed by atoms with Crippen LogP contribution in [0.4, 0.5) is 8.78 Å². The van der Waals surface area contributed by atoms with E-state index in [4.69, 9.17) is 0 Å². The first-order chi connectivity index (χ1) is 6.06. The highest BCUT2D eigenvalue weighted by atomic mass is 79.9. The average Bonchev–Trinajstić information content (AvgIpc) is 2.08. The van der Waals surface area contributed by atoms with Gasteiger partial charge in [0.2, 0.25) is 0 Å². The smallest absolute Gasteiger partial charge is 0.284 e. The summed E-state index contributed by atoms with van der Waals surface area (Å²) < 4.78 is 29.3. The molecule has 72 valence electrons. The van der Waals surface area contributed by atoms with Crippen LogP contribution in [0.3, 0.4) is 0 Å². The van der Waals surface area contributed by atoms with Gasteiger partial charge in [-0.2, -0.15) is 0 Å². The number of hydrogen-bond donors (Lipinski definition) is 1. The number of aromatic nitrogens is 1. The lowest BCUT2D eigenvalue weighted by Gasteiger charge is -2.07. The predicted molar refractivity (Wildman–Crippen MR) is 45.1 cm³/mol. The number of halogens is 3. The Kier molecular flexibility index (Phi) is 3.02. The summed E-state index contributed by atoms with van der Waals surface area (Å²) in [6, 6.07) is 1.31. The van der Waals surface area contributed by atoms with Gasteiger partial charge in [-0.1, -0.05) is 0 Å². The molecule has 13 heavy (non-hydrogen) atoms. The van der Waals surface area contributed by atoms with Gasteiger partial charge < -0.3 is 9.84 Å². The van der Waals surface area contributed by atoms with Gasteiger partial charge in [0.15, 0.2) is 17.2 Å². The molecule has 0 atom stereocenters. The fraction of sp³-hybridized carbons (Fsp3) is 0.286. The molecule has 3 nitrogen and oxygen atoms in total. The molecule has 1 aromatic rings. The molecule has 0 amide bonds. The summed E-state index contributed by atoms with van der Waals surface area (Å²) in [7, 11) is 1.27. The molecule has 0 fully saturated rings. The molecule has 0 spiro atoms. The minimum atomic E-state index is -2.83. The van der Waals surface area contributed by atoms with Crippen molar-refractivity contribution in [2.75, 3.05) is 7.11 Å². The third-order valence-electron chi connectivity index (χ3n) is 1.38. The zero-order valence-corrected chi connectivity index (χ0v) is 8.18. The fourth-order valence-electron chi connectivity index (χ4n) is 0.811. The van der Waals surface area contributed by atoms with Gasteiger partial charge in [-0.05, 0) is 15.9 Å². The molecule has 0 aliphatic carbocycles. The van der Waals surface area contributed by atoms with Gasteiger partial charge in [0, 0.05) is 6.07 Å². The third kappa shape index (κ3) is 2.06. The zero-order valence-electron chi connectivity index (χ0n) is 6.59. The zero-order chi connectivity index (χ0) is 10.0. The van der Waals surface area contributed by atoms with E-state index in [0.717, 1.165) is 0 Å². The summed E-state index contributed by atoms with van der Waals surface area (Å²) in [5.74, 6) is -0.655. The molecule has 1 aromatic heterocycles. The van der Waals surface area contributed by atoms with Gasteiger partial charge in [-0.3, -0.25) is 0 Å². The molecule has 0 saturated heterocycles. The van der Waals surface area contributed by atoms with E-state index in [2.05, 4.69) is 25.7 Å². The van der Waals surface area contributed by atoms with E-state index in [1.54, 1.807) is 0 Å². The van der Waals surface area contributed by atoms with Gasteiger partial charge in [-0.15, -0.1) is 0 Å². The van der Waals surface area contributed by atoms with Gasteiger partial charge in [0.25, 0.3) is 6.43 Å². The molecule has 0 unspecified atom stereocenters. The lowest BCUT2D eigenvalue weighted by Crippen LogP contribution is -1.94. The molecule has 1 N–H and O–H groups in total. The van der Waals surface area contributed by atoms with Gasteiger partial charge in [-0.25, -0.2) is 13.8 Å². The molecule has 0 aliphatic heterocycles. The highest BCUT2D eigenvalue weighted by Gasteiger charge is 2.19. The van der Waals surface area contributed by atoms with Crippen LogP contribution in [-0.2, 0) is 0 Å². The van der Waals surface area contributed by atoms with Crippen LogP contribution in [0, 0.1) is 0 Å². The van der Waals surface area contributed by atoms with Crippen molar-refractivity contribution in [3.63, 3.8) is 0 Å². The maximum absolute atomic E-state index is 12.2. The molecule has 0 radical (unpaired) electrons. The summed E-state index contributed by atoms with van der Waals surface area (Å²) in [6.45, 7) is 0. The first kappa shape index (κ1) is 10.2. The average molecular weight is 254 g/mol. The Morgan fingerprint density at radius 1 is 1.62 bits per heavy atom. The summed E-state index contributed by atoms with van der Waals surface area (Å²) in [4.78, 5) is 3.42. The van der Waals surface area contributed by atoms with E-state index in [0.29, 0.717) is 0 Å². The van der Waals surface area contributed by atoms with Crippen molar-refractivity contribution < 1.29 is 18.6 Å². The van der Waals surface area contributed by atoms with E-state index >= 15 is 0 Å². The summed E-state index contributed by atoms with van der Waals surface area (Å²) in [6.07, 6.45) is -2.83. The molecule has 0 aromatic carbocycles. The summed E-state index contributed by atoms with van der Waals surface area (Å²) in [5, 5.41) is 9.20. The van der Waals surface area contributed by atoms with Crippen molar-refractivity contribution in [2.45, 2.75) is 6.43 Å². The second-order valence-electron chi connectivity index (χ2n) is 2.18. The number of pyridine rings is 1. The summed E-state index contributed by atoms with van der Waals surface area (Å²) >= 11 is 2.92. The molecule has 6 heteroatoms. The van der Waals surface area contributed by atoms with Crippen LogP contribution in [0.1, 0.15) is 12.1 Å². The maximum atomic E-state index is 12.2. The van der Waals surface area contributed by atoms with Crippen LogP contribution < -0.4 is 4.74 Å². The predicted octanol–water partition coefficient (Wildman–Crippen LogP) is 2.50. The fourth-order valence-corrected chi connectivity index (χ4v) is 1.21. The number of aromatic hydroxyl groups is 1. The standard InChI is InChI=1S/C7H6BrF2NO2/c1-13-3-2-4(8)11-5(6(3)12)7(9)10/h2,7,12H,1H3. The Bertz CT molecular complexity index is 320. The monoisotopic (exact) mass is 253 g/mol. The first-order valence-corrected chi connectivity index (χ1v) is 4.07. The Morgan fingerprint density at radius 2 is 2.23 bits per heavy atom. The minimum absolute atomic E-state index is 0.0304. The Morgan fingerprint density at radius 3 is 2.69 bits per heavy atom. The maximum Gasteiger partial charge on any atom is 0.284 e. The van der Waals surface area contributed by atoms with E-state index in [9.17, 15) is 13.9 Å². The lowest BCUT2D eigenvalue weighted by atomic mass is 10.3. The number of methoxy groups -OCH3 is 1. The normalized spacial score (nSPS) is 10.5. The van der Waals surface area contributed by atoms with Crippen LogP contribution in [0.25, 0.3) is 0 Å². The van der Waals surface area contributed by atoms with Crippen molar-refractivity contribution in [1.82, 2.24) is 4.98 Å². The molecule has 1 heterocycles.